The largest absolute Gasteiger partial charge is 0.480 e. The standard InChI is InChI=1S/C26H26ClF4N3O4/c1-14(36)24-33-22(13-34(24)3)19-6-4-16(11-21(19)28)10-18(8-9-35)32-25(37)17-5-7-23(20(27)12-17)38-15(2)26(29,30)31/h4-7,11-13,15,18,35H,8-10H2,1-3H3,(H,32,37)/t15?,18-/m1/s1. The monoisotopic (exact) mass is 555 g/mol. The molecule has 0 fully saturated rings. The average molecular weight is 556 g/mol. The molecule has 0 aliphatic rings. The fourth-order valence-electron chi connectivity index (χ4n) is 3.75. The Bertz CT molecular complexity index is 1330. The zero-order valence-corrected chi connectivity index (χ0v) is 21.5. The molecule has 1 heterocycles. The summed E-state index contributed by atoms with van der Waals surface area (Å²) in [7, 11) is 1.64. The average Bonchev–Trinajstić information content (AvgIpc) is 3.21. The highest BCUT2D eigenvalue weighted by Gasteiger charge is 2.38. The highest BCUT2D eigenvalue weighted by Crippen LogP contribution is 2.31. The summed E-state index contributed by atoms with van der Waals surface area (Å²) in [6.45, 7) is 1.95. The van der Waals surface area contributed by atoms with Gasteiger partial charge in [0.25, 0.3) is 5.91 Å². The molecule has 3 rings (SSSR count). The number of benzene rings is 2. The minimum absolute atomic E-state index is 0.0721. The zero-order chi connectivity index (χ0) is 28.2. The third-order valence-electron chi connectivity index (χ3n) is 5.75. The number of carbonyl (C=O) groups is 2. The number of imidazole rings is 1. The first-order valence-corrected chi connectivity index (χ1v) is 12.0. The first-order valence-electron chi connectivity index (χ1n) is 11.6. The first-order chi connectivity index (χ1) is 17.8. The second-order valence-electron chi connectivity index (χ2n) is 8.76. The molecule has 0 radical (unpaired) electrons. The Labute approximate surface area is 221 Å². The number of hydrogen-bond donors (Lipinski definition) is 2. The molecule has 3 aromatic rings. The van der Waals surface area contributed by atoms with Crippen LogP contribution >= 0.6 is 11.6 Å². The molecule has 0 aliphatic carbocycles. The van der Waals surface area contributed by atoms with Gasteiger partial charge in [-0.05, 0) is 55.7 Å². The SMILES string of the molecule is CC(=O)c1nc(-c2ccc(C[C@@H](CCO)NC(=O)c3ccc(OC(C)C(F)(F)F)c(Cl)c3)cc2F)cn1C. The second-order valence-corrected chi connectivity index (χ2v) is 9.17. The fraction of sp³-hybridized carbons (Fsp3) is 0.346. The number of rotatable bonds is 10. The number of nitrogens with one attached hydrogen (secondary N) is 1. The molecule has 2 aromatic carbocycles. The third-order valence-corrected chi connectivity index (χ3v) is 6.05. The molecule has 2 atom stereocenters. The summed E-state index contributed by atoms with van der Waals surface area (Å²) in [5.74, 6) is -1.43. The molecular formula is C26H26ClF4N3O4. The molecule has 1 unspecified atom stereocenters. The number of ketones is 1. The number of carbonyl (C=O) groups excluding carboxylic acids is 2. The molecule has 0 saturated carbocycles. The van der Waals surface area contributed by atoms with Crippen LogP contribution in [0.25, 0.3) is 11.3 Å². The lowest BCUT2D eigenvalue weighted by Gasteiger charge is -2.20. The Hall–Kier alpha value is -3.44. The van der Waals surface area contributed by atoms with Crippen molar-refractivity contribution >= 4 is 23.3 Å². The van der Waals surface area contributed by atoms with Crippen LogP contribution in [0.1, 0.15) is 46.8 Å². The van der Waals surface area contributed by atoms with Gasteiger partial charge in [0, 0.05) is 43.9 Å². The van der Waals surface area contributed by atoms with Crippen LogP contribution in [0.3, 0.4) is 0 Å². The van der Waals surface area contributed by atoms with Crippen LogP contribution in [0.5, 0.6) is 5.75 Å². The van der Waals surface area contributed by atoms with Gasteiger partial charge in [0.2, 0.25) is 0 Å². The van der Waals surface area contributed by atoms with E-state index in [9.17, 15) is 32.3 Å². The van der Waals surface area contributed by atoms with E-state index in [1.54, 1.807) is 19.3 Å². The van der Waals surface area contributed by atoms with Crippen LogP contribution < -0.4 is 10.1 Å². The van der Waals surface area contributed by atoms with Crippen molar-refractivity contribution in [1.29, 1.82) is 0 Å². The molecule has 12 heteroatoms. The van der Waals surface area contributed by atoms with E-state index in [0.29, 0.717) is 11.3 Å². The van der Waals surface area contributed by atoms with E-state index in [-0.39, 0.29) is 53.0 Å². The summed E-state index contributed by atoms with van der Waals surface area (Å²) in [5.41, 5.74) is 1.12. The number of aliphatic hydroxyl groups excluding tert-OH is 1. The summed E-state index contributed by atoms with van der Waals surface area (Å²) in [6.07, 6.45) is -4.77. The van der Waals surface area contributed by atoms with Crippen molar-refractivity contribution in [3.63, 3.8) is 0 Å². The smallest absolute Gasteiger partial charge is 0.425 e. The number of alkyl halides is 3. The van der Waals surface area contributed by atoms with Gasteiger partial charge in [0.1, 0.15) is 11.6 Å². The molecule has 38 heavy (non-hydrogen) atoms. The van der Waals surface area contributed by atoms with E-state index in [2.05, 4.69) is 10.3 Å². The molecular weight excluding hydrogens is 530 g/mol. The van der Waals surface area contributed by atoms with Crippen molar-refractivity contribution < 1.29 is 37.0 Å². The number of aromatic nitrogens is 2. The zero-order valence-electron chi connectivity index (χ0n) is 20.8. The lowest BCUT2D eigenvalue weighted by atomic mass is 10.0. The van der Waals surface area contributed by atoms with Crippen LogP contribution in [-0.4, -0.2) is 51.3 Å². The van der Waals surface area contributed by atoms with Gasteiger partial charge in [-0.1, -0.05) is 17.7 Å². The van der Waals surface area contributed by atoms with Crippen LogP contribution in [-0.2, 0) is 13.5 Å². The fourth-order valence-corrected chi connectivity index (χ4v) is 3.97. The first kappa shape index (κ1) is 29.1. The highest BCUT2D eigenvalue weighted by molar-refractivity contribution is 6.32. The summed E-state index contributed by atoms with van der Waals surface area (Å²) >= 11 is 6.03. The van der Waals surface area contributed by atoms with E-state index in [1.807, 2.05) is 0 Å². The van der Waals surface area contributed by atoms with Gasteiger partial charge in [-0.2, -0.15) is 13.2 Å². The Morgan fingerprint density at radius 2 is 1.92 bits per heavy atom. The summed E-state index contributed by atoms with van der Waals surface area (Å²) in [6, 6.07) is 7.50. The normalized spacial score (nSPS) is 13.2. The summed E-state index contributed by atoms with van der Waals surface area (Å²) in [5, 5.41) is 12.0. The minimum atomic E-state index is -4.58. The van der Waals surface area contributed by atoms with E-state index in [0.717, 1.165) is 6.92 Å². The van der Waals surface area contributed by atoms with Gasteiger partial charge < -0.3 is 19.7 Å². The maximum absolute atomic E-state index is 14.9. The van der Waals surface area contributed by atoms with Gasteiger partial charge >= 0.3 is 6.18 Å². The Balaban J connectivity index is 1.72. The number of ether oxygens (including phenoxy) is 1. The van der Waals surface area contributed by atoms with E-state index >= 15 is 0 Å². The highest BCUT2D eigenvalue weighted by atomic mass is 35.5. The number of nitrogens with zero attached hydrogens (tertiary/aromatic N) is 2. The molecule has 7 nitrogen and oxygen atoms in total. The summed E-state index contributed by atoms with van der Waals surface area (Å²) < 4.78 is 59.5. The number of aryl methyl sites for hydroxylation is 1. The van der Waals surface area contributed by atoms with Crippen molar-refractivity contribution in [2.75, 3.05) is 6.61 Å². The Kier molecular flexibility index (Phi) is 9.16. The number of hydrogen-bond acceptors (Lipinski definition) is 5. The van der Waals surface area contributed by atoms with E-state index < -0.39 is 30.0 Å². The third kappa shape index (κ3) is 7.11. The van der Waals surface area contributed by atoms with Crippen LogP contribution in [0.15, 0.2) is 42.6 Å². The molecule has 0 saturated heterocycles. The number of halogens is 5. The van der Waals surface area contributed by atoms with E-state index in [1.165, 1.54) is 41.8 Å². The topological polar surface area (TPSA) is 93.4 Å². The Morgan fingerprint density at radius 1 is 1.21 bits per heavy atom. The predicted molar refractivity (Wildman–Crippen MR) is 133 cm³/mol. The maximum atomic E-state index is 14.9. The van der Waals surface area contributed by atoms with Gasteiger partial charge in [0.15, 0.2) is 17.7 Å². The van der Waals surface area contributed by atoms with Gasteiger partial charge in [-0.25, -0.2) is 9.37 Å². The molecule has 204 valence electrons. The Morgan fingerprint density at radius 3 is 2.47 bits per heavy atom. The lowest BCUT2D eigenvalue weighted by Crippen LogP contribution is -2.37. The predicted octanol–water partition coefficient (Wildman–Crippen LogP) is 5.14. The number of Topliss-reactive ketones (excluding diaryl/α,β-unsaturated/α-hetero) is 1. The second kappa shape index (κ2) is 12.0. The number of amides is 1. The van der Waals surface area contributed by atoms with Crippen LogP contribution in [0.4, 0.5) is 17.6 Å². The van der Waals surface area contributed by atoms with Crippen molar-refractivity contribution in [2.45, 2.75) is 45.0 Å². The van der Waals surface area contributed by atoms with Crippen LogP contribution in [0, 0.1) is 5.82 Å². The van der Waals surface area contributed by atoms with Gasteiger partial charge in [-0.3, -0.25) is 9.59 Å². The quantitative estimate of drug-likeness (QED) is 0.267. The molecule has 0 aliphatic heterocycles. The van der Waals surface area contributed by atoms with Crippen molar-refractivity contribution in [3.05, 3.63) is 70.4 Å². The molecule has 0 bridgehead atoms. The van der Waals surface area contributed by atoms with Crippen molar-refractivity contribution in [2.24, 2.45) is 7.05 Å². The molecule has 1 amide bonds. The van der Waals surface area contributed by atoms with Crippen molar-refractivity contribution in [1.82, 2.24) is 14.9 Å². The molecule has 1 aromatic heterocycles. The maximum Gasteiger partial charge on any atom is 0.425 e. The van der Waals surface area contributed by atoms with Gasteiger partial charge in [-0.15, -0.1) is 0 Å². The van der Waals surface area contributed by atoms with Gasteiger partial charge in [0.05, 0.1) is 10.7 Å². The summed E-state index contributed by atoms with van der Waals surface area (Å²) in [4.78, 5) is 28.6. The van der Waals surface area contributed by atoms with Crippen molar-refractivity contribution in [3.8, 4) is 17.0 Å². The minimum Gasteiger partial charge on any atom is -0.480 e. The van der Waals surface area contributed by atoms with E-state index in [4.69, 9.17) is 16.3 Å². The molecule has 0 spiro atoms. The number of aliphatic hydroxyl groups is 1. The van der Waals surface area contributed by atoms with Crippen LogP contribution in [0.2, 0.25) is 5.02 Å². The molecule has 2 N–H and O–H groups in total. The lowest BCUT2D eigenvalue weighted by molar-refractivity contribution is -0.189.